The van der Waals surface area contributed by atoms with Gasteiger partial charge in [-0.1, -0.05) is 201 Å². The van der Waals surface area contributed by atoms with Gasteiger partial charge in [-0.15, -0.1) is 0 Å². The lowest BCUT2D eigenvalue weighted by atomic mass is 9.63. The summed E-state index contributed by atoms with van der Waals surface area (Å²) in [7, 11) is -3.19. The highest BCUT2D eigenvalue weighted by Crippen LogP contribution is 2.62. The van der Waals surface area contributed by atoms with Crippen LogP contribution in [0.15, 0.2) is 223 Å². The van der Waals surface area contributed by atoms with Crippen molar-refractivity contribution in [2.24, 2.45) is 4.99 Å². The van der Waals surface area contributed by atoms with Crippen LogP contribution >= 0.6 is 7.14 Å². The molecule has 0 N–H and O–H groups in total. The summed E-state index contributed by atoms with van der Waals surface area (Å²) in [5, 5.41) is 4.83. The first kappa shape index (κ1) is 35.1. The molecule has 9 aromatic rings. The predicted octanol–water partition coefficient (Wildman–Crippen LogP) is 12.0. The van der Waals surface area contributed by atoms with Crippen LogP contribution in [0.5, 0.6) is 0 Å². The highest BCUT2D eigenvalue weighted by molar-refractivity contribution is 7.85. The topological polar surface area (TPSA) is 34.4 Å². The Bertz CT molecular complexity index is 3210. The quantitative estimate of drug-likeness (QED) is 0.117. The standard InChI is InChI=1S/C55H39N2OP/c1-37(39-33-35-43(36-34-39)59(58,41-21-8-4-9-22-41)42-23-10-5-11-24-42)52-53(56-38(2)40-19-6-3-7-20-40)46-26-12-14-28-47(46)55(52)48-29-15-17-32-51(48)57-50-31-16-13-25-44(50)45-27-18-30-49(55)54(45)57/h3-36H,1H2,2H3. The van der Waals surface area contributed by atoms with Gasteiger partial charge in [0.2, 0.25) is 0 Å². The Morgan fingerprint density at radius 1 is 0.525 bits per heavy atom. The minimum Gasteiger partial charge on any atom is -0.309 e. The second-order valence-electron chi connectivity index (χ2n) is 15.5. The van der Waals surface area contributed by atoms with Crippen LogP contribution in [0.2, 0.25) is 0 Å². The Kier molecular flexibility index (Phi) is 8.05. The van der Waals surface area contributed by atoms with Crippen molar-refractivity contribution in [3.8, 4) is 5.69 Å². The summed E-state index contributed by atoms with van der Waals surface area (Å²) in [4.78, 5) is 5.62. The van der Waals surface area contributed by atoms with Gasteiger partial charge in [-0.2, -0.15) is 0 Å². The number of rotatable bonds is 7. The molecular weight excluding hydrogens is 736 g/mol. The minimum atomic E-state index is -3.19. The molecule has 8 aromatic carbocycles. The Hall–Kier alpha value is -7.06. The molecule has 0 fully saturated rings. The van der Waals surface area contributed by atoms with Crippen molar-refractivity contribution in [3.63, 3.8) is 0 Å². The van der Waals surface area contributed by atoms with E-state index in [0.29, 0.717) is 0 Å². The lowest BCUT2D eigenvalue weighted by Crippen LogP contribution is -2.35. The fraction of sp³-hybridized carbons (Fsp3) is 0.0364. The van der Waals surface area contributed by atoms with Gasteiger partial charge in [-0.05, 0) is 52.4 Å². The molecule has 59 heavy (non-hydrogen) atoms. The summed E-state index contributed by atoms with van der Waals surface area (Å²) in [5.74, 6) is 0. The predicted molar refractivity (Wildman–Crippen MR) is 248 cm³/mol. The first-order valence-electron chi connectivity index (χ1n) is 20.1. The maximum absolute atomic E-state index is 15.4. The zero-order valence-electron chi connectivity index (χ0n) is 32.6. The van der Waals surface area contributed by atoms with Gasteiger partial charge in [0, 0.05) is 43.5 Å². The van der Waals surface area contributed by atoms with Crippen molar-refractivity contribution in [2.45, 2.75) is 12.3 Å². The molecule has 0 amide bonds. The van der Waals surface area contributed by atoms with Crippen LogP contribution < -0.4 is 15.9 Å². The van der Waals surface area contributed by atoms with Crippen LogP contribution in [0.4, 0.5) is 0 Å². The van der Waals surface area contributed by atoms with Gasteiger partial charge in [0.25, 0.3) is 0 Å². The molecular formula is C55H39N2OP. The van der Waals surface area contributed by atoms with E-state index in [4.69, 9.17) is 11.6 Å². The molecule has 11 rings (SSSR count). The lowest BCUT2D eigenvalue weighted by molar-refractivity contribution is 0.592. The normalized spacial score (nSPS) is 15.8. The molecule has 0 saturated heterocycles. The number of fused-ring (bicyclic) bond motifs is 9. The molecule has 2 aliphatic rings. The van der Waals surface area contributed by atoms with Crippen LogP contribution in [-0.2, 0) is 9.98 Å². The van der Waals surface area contributed by atoms with E-state index in [9.17, 15) is 0 Å². The molecule has 4 heteroatoms. The van der Waals surface area contributed by atoms with Gasteiger partial charge in [-0.3, -0.25) is 4.99 Å². The molecule has 1 atom stereocenters. The van der Waals surface area contributed by atoms with Gasteiger partial charge in [0.1, 0.15) is 0 Å². The molecule has 0 radical (unpaired) electrons. The van der Waals surface area contributed by atoms with Crippen molar-refractivity contribution < 1.29 is 4.57 Å². The molecule has 0 saturated carbocycles. The summed E-state index contributed by atoms with van der Waals surface area (Å²) < 4.78 is 17.9. The molecule has 1 unspecified atom stereocenters. The molecule has 2 heterocycles. The van der Waals surface area contributed by atoms with Crippen molar-refractivity contribution in [1.29, 1.82) is 0 Å². The number of hydrogen-bond acceptors (Lipinski definition) is 2. The van der Waals surface area contributed by atoms with E-state index in [1.54, 1.807) is 0 Å². The van der Waals surface area contributed by atoms with E-state index in [-0.39, 0.29) is 0 Å². The monoisotopic (exact) mass is 774 g/mol. The molecule has 1 aliphatic carbocycles. The summed E-state index contributed by atoms with van der Waals surface area (Å²) in [5.41, 5.74) is 13.2. The second kappa shape index (κ2) is 13.5. The average molecular weight is 775 g/mol. The number of nitrogens with zero attached hydrogens (tertiary/aromatic N) is 2. The number of aromatic nitrogens is 1. The summed E-state index contributed by atoms with van der Waals surface area (Å²) >= 11 is 0. The summed E-state index contributed by atoms with van der Waals surface area (Å²) in [6.45, 7) is 7.11. The van der Waals surface area contributed by atoms with Gasteiger partial charge in [0.15, 0.2) is 7.14 Å². The fourth-order valence-corrected chi connectivity index (χ4v) is 12.5. The Balaban J connectivity index is 1.20. The van der Waals surface area contributed by atoms with E-state index in [1.165, 1.54) is 38.5 Å². The van der Waals surface area contributed by atoms with Crippen LogP contribution in [0, 0.1) is 0 Å². The van der Waals surface area contributed by atoms with E-state index in [1.807, 2.05) is 78.9 Å². The number of allylic oxidation sites excluding steroid dienone is 2. The fourth-order valence-electron chi connectivity index (χ4n) is 9.86. The third kappa shape index (κ3) is 5.02. The number of hydrogen-bond donors (Lipinski definition) is 0. The molecule has 3 nitrogen and oxygen atoms in total. The average Bonchev–Trinajstić information content (AvgIpc) is 3.80. The van der Waals surface area contributed by atoms with Crippen LogP contribution in [0.25, 0.3) is 38.8 Å². The zero-order valence-corrected chi connectivity index (χ0v) is 33.5. The Morgan fingerprint density at radius 3 is 1.78 bits per heavy atom. The van der Waals surface area contributed by atoms with Crippen molar-refractivity contribution >= 4 is 61.8 Å². The molecule has 0 bridgehead atoms. The Labute approximate surface area is 344 Å². The number of benzene rings is 8. The molecule has 1 spiro atoms. The highest BCUT2D eigenvalue weighted by Gasteiger charge is 2.53. The smallest absolute Gasteiger partial charge is 0.171 e. The zero-order chi connectivity index (χ0) is 39.7. The largest absolute Gasteiger partial charge is 0.309 e. The molecule has 280 valence electrons. The first-order valence-corrected chi connectivity index (χ1v) is 21.8. The van der Waals surface area contributed by atoms with Crippen LogP contribution in [0.1, 0.15) is 40.3 Å². The van der Waals surface area contributed by atoms with Crippen molar-refractivity contribution in [1.82, 2.24) is 4.57 Å². The first-order chi connectivity index (χ1) is 29.0. The highest BCUT2D eigenvalue weighted by atomic mass is 31.2. The van der Waals surface area contributed by atoms with Crippen LogP contribution in [0.3, 0.4) is 0 Å². The molecule has 1 aliphatic heterocycles. The van der Waals surface area contributed by atoms with Gasteiger partial charge in [-0.25, -0.2) is 0 Å². The summed E-state index contributed by atoms with van der Waals surface area (Å²) in [6.07, 6.45) is 0. The van der Waals surface area contributed by atoms with Gasteiger partial charge in [0.05, 0.1) is 27.8 Å². The summed E-state index contributed by atoms with van der Waals surface area (Å²) in [6, 6.07) is 71.6. The third-order valence-electron chi connectivity index (χ3n) is 12.4. The van der Waals surface area contributed by atoms with Gasteiger partial charge >= 0.3 is 0 Å². The van der Waals surface area contributed by atoms with Crippen LogP contribution in [-0.4, -0.2) is 10.3 Å². The SMILES string of the molecule is C=C(C1=C(N=C(C)c2ccccc2)c2ccccc2C12c1ccccc1-n1c3ccccc3c3cccc2c31)c1ccc(P(=O)(c2ccccc2)c2ccccc2)cc1. The molecule has 1 aromatic heterocycles. The van der Waals surface area contributed by atoms with Crippen molar-refractivity contribution in [2.75, 3.05) is 0 Å². The second-order valence-corrected chi connectivity index (χ2v) is 18.2. The minimum absolute atomic E-state index is 0.758. The Morgan fingerprint density at radius 2 is 1.07 bits per heavy atom. The number of aliphatic imine (C=N–C) groups is 1. The van der Waals surface area contributed by atoms with Crippen molar-refractivity contribution in [3.05, 3.63) is 252 Å². The third-order valence-corrected chi connectivity index (χ3v) is 15.5. The van der Waals surface area contributed by atoms with Gasteiger partial charge < -0.3 is 9.13 Å². The number of para-hydroxylation sites is 3. The van der Waals surface area contributed by atoms with E-state index in [0.717, 1.165) is 60.8 Å². The van der Waals surface area contributed by atoms with E-state index >= 15 is 4.57 Å². The van der Waals surface area contributed by atoms with E-state index in [2.05, 4.69) is 139 Å². The lowest BCUT2D eigenvalue weighted by Gasteiger charge is -2.41. The maximum Gasteiger partial charge on any atom is 0.171 e. The maximum atomic E-state index is 15.4. The van der Waals surface area contributed by atoms with E-state index < -0.39 is 12.6 Å².